The normalized spacial score (nSPS) is 24.2. The minimum absolute atomic E-state index is 0.0166. The molecule has 3 aliphatic rings. The third kappa shape index (κ3) is 4.87. The van der Waals surface area contributed by atoms with Crippen molar-refractivity contribution in [2.75, 3.05) is 34.9 Å². The second kappa shape index (κ2) is 10.8. The molecule has 8 nitrogen and oxygen atoms in total. The molecule has 1 aromatic carbocycles. The third-order valence-corrected chi connectivity index (χ3v) is 8.27. The summed E-state index contributed by atoms with van der Waals surface area (Å²) in [6.45, 7) is 0.0636. The predicted octanol–water partition coefficient (Wildman–Crippen LogP) is 5.31. The van der Waals surface area contributed by atoms with Crippen molar-refractivity contribution < 1.29 is 32.9 Å². The van der Waals surface area contributed by atoms with Gasteiger partial charge in [0.25, 0.3) is 5.91 Å². The Balaban J connectivity index is 1.38. The van der Waals surface area contributed by atoms with Crippen molar-refractivity contribution >= 4 is 40.3 Å². The minimum atomic E-state index is -0.0166. The fourth-order valence-electron chi connectivity index (χ4n) is 5.37. The highest BCUT2D eigenvalue weighted by atomic mass is 32.2. The molecule has 10 heteroatoms. The highest BCUT2D eigenvalue weighted by molar-refractivity contribution is 8.26. The van der Waals surface area contributed by atoms with Crippen LogP contribution in [0.15, 0.2) is 33.6 Å². The number of benzene rings is 1. The Morgan fingerprint density at radius 3 is 2.56 bits per heavy atom. The molecule has 1 aromatic heterocycles. The first kappa shape index (κ1) is 25.1. The molecule has 36 heavy (non-hydrogen) atoms. The molecule has 3 fully saturated rings. The Hall–Kier alpha value is -2.53. The number of thiocarbonyl (C=S) groups is 1. The van der Waals surface area contributed by atoms with Gasteiger partial charge in [0.1, 0.15) is 15.8 Å². The number of methoxy groups -OCH3 is 3. The van der Waals surface area contributed by atoms with Gasteiger partial charge in [-0.05, 0) is 55.4 Å². The van der Waals surface area contributed by atoms with Crippen LogP contribution in [-0.4, -0.2) is 56.1 Å². The lowest BCUT2D eigenvalue weighted by atomic mass is 9.94. The summed E-state index contributed by atoms with van der Waals surface area (Å²) < 4.78 is 33.7. The summed E-state index contributed by atoms with van der Waals surface area (Å²) in [5.74, 6) is 3.73. The van der Waals surface area contributed by atoms with Gasteiger partial charge in [0.15, 0.2) is 25.1 Å². The maximum Gasteiger partial charge on any atom is 0.266 e. The van der Waals surface area contributed by atoms with Gasteiger partial charge in [-0.15, -0.1) is 0 Å². The van der Waals surface area contributed by atoms with Crippen LogP contribution in [0.4, 0.5) is 0 Å². The largest absolute Gasteiger partial charge is 0.493 e. The number of ether oxygens (including phenoxy) is 5. The van der Waals surface area contributed by atoms with E-state index in [-0.39, 0.29) is 25.5 Å². The van der Waals surface area contributed by atoms with Gasteiger partial charge in [0.05, 0.1) is 12.0 Å². The summed E-state index contributed by atoms with van der Waals surface area (Å²) in [6.07, 6.45) is 6.53. The van der Waals surface area contributed by atoms with Crippen LogP contribution in [0.25, 0.3) is 17.4 Å². The van der Waals surface area contributed by atoms with Crippen LogP contribution in [0.3, 0.4) is 0 Å². The molecule has 2 heterocycles. The molecule has 1 aliphatic heterocycles. The molecule has 2 bridgehead atoms. The monoisotopic (exact) mass is 531 g/mol. The van der Waals surface area contributed by atoms with Crippen LogP contribution in [0.2, 0.25) is 0 Å². The number of furan rings is 1. The van der Waals surface area contributed by atoms with E-state index >= 15 is 0 Å². The number of hydrogen-bond donors (Lipinski definition) is 0. The quantitative estimate of drug-likeness (QED) is 0.230. The summed E-state index contributed by atoms with van der Waals surface area (Å²) in [5.41, 5.74) is 0.719. The zero-order valence-electron chi connectivity index (χ0n) is 20.5. The first-order valence-electron chi connectivity index (χ1n) is 11.8. The molecule has 192 valence electrons. The van der Waals surface area contributed by atoms with Gasteiger partial charge in [-0.25, -0.2) is 0 Å². The van der Waals surface area contributed by atoms with Crippen LogP contribution in [-0.2, 0) is 14.3 Å². The molecular formula is C26H29NO7S2. The Kier molecular flexibility index (Phi) is 7.57. The number of fused-ring (bicyclic) bond motifs is 2. The lowest BCUT2D eigenvalue weighted by Crippen LogP contribution is -2.41. The lowest BCUT2D eigenvalue weighted by Gasteiger charge is -2.30. The van der Waals surface area contributed by atoms with Gasteiger partial charge < -0.3 is 28.1 Å². The molecular weight excluding hydrogens is 502 g/mol. The fraction of sp³-hybridized carbons (Fsp3) is 0.462. The smallest absolute Gasteiger partial charge is 0.266 e. The Morgan fingerprint density at radius 1 is 1.08 bits per heavy atom. The second-order valence-electron chi connectivity index (χ2n) is 9.10. The van der Waals surface area contributed by atoms with Crippen molar-refractivity contribution in [1.82, 2.24) is 4.90 Å². The van der Waals surface area contributed by atoms with Crippen molar-refractivity contribution in [3.8, 4) is 28.6 Å². The number of hydrogen-bond acceptors (Lipinski definition) is 9. The molecule has 1 saturated heterocycles. The molecule has 0 spiro atoms. The molecule has 1 amide bonds. The van der Waals surface area contributed by atoms with Gasteiger partial charge in [0.2, 0.25) is 5.75 Å². The topological polar surface area (TPSA) is 79.6 Å². The van der Waals surface area contributed by atoms with E-state index in [4.69, 9.17) is 40.3 Å². The number of nitrogens with zero attached hydrogens (tertiary/aromatic N) is 1. The number of carbonyl (C=O) groups excluding carboxylic acids is 1. The van der Waals surface area contributed by atoms with E-state index in [0.717, 1.165) is 17.9 Å². The SMILES string of the molecule is COCOc1cc(-c2ccc(C=C3SC(=S)N(C4CC5CCC4C5)C3=O)o2)cc(OC)c1OCOC. The van der Waals surface area contributed by atoms with E-state index in [0.29, 0.717) is 43.9 Å². The van der Waals surface area contributed by atoms with Crippen LogP contribution < -0.4 is 14.2 Å². The Labute approximate surface area is 219 Å². The zero-order chi connectivity index (χ0) is 25.2. The van der Waals surface area contributed by atoms with Gasteiger partial charge in [-0.2, -0.15) is 0 Å². The minimum Gasteiger partial charge on any atom is -0.493 e. The Morgan fingerprint density at radius 2 is 1.86 bits per heavy atom. The van der Waals surface area contributed by atoms with Crippen molar-refractivity contribution in [2.24, 2.45) is 11.8 Å². The first-order valence-corrected chi connectivity index (χ1v) is 13.1. The number of carbonyl (C=O) groups is 1. The summed E-state index contributed by atoms with van der Waals surface area (Å²) in [5, 5.41) is 0. The van der Waals surface area contributed by atoms with Crippen molar-refractivity contribution in [1.29, 1.82) is 0 Å². The van der Waals surface area contributed by atoms with E-state index in [2.05, 4.69) is 0 Å². The Bertz CT molecular complexity index is 1180. The predicted molar refractivity (Wildman–Crippen MR) is 140 cm³/mol. The summed E-state index contributed by atoms with van der Waals surface area (Å²) in [6, 6.07) is 7.49. The zero-order valence-corrected chi connectivity index (χ0v) is 22.1. The van der Waals surface area contributed by atoms with Crippen molar-refractivity contribution in [3.05, 3.63) is 34.9 Å². The van der Waals surface area contributed by atoms with Crippen LogP contribution >= 0.6 is 24.0 Å². The van der Waals surface area contributed by atoms with Crippen molar-refractivity contribution in [2.45, 2.75) is 31.7 Å². The first-order chi connectivity index (χ1) is 17.5. The van der Waals surface area contributed by atoms with Gasteiger partial charge in [0, 0.05) is 31.9 Å². The van der Waals surface area contributed by atoms with Crippen LogP contribution in [0.5, 0.6) is 17.2 Å². The van der Waals surface area contributed by atoms with Gasteiger partial charge >= 0.3 is 0 Å². The molecule has 2 aliphatic carbocycles. The molecule has 3 atom stereocenters. The van der Waals surface area contributed by atoms with E-state index < -0.39 is 0 Å². The maximum atomic E-state index is 13.3. The van der Waals surface area contributed by atoms with E-state index in [1.807, 2.05) is 17.0 Å². The van der Waals surface area contributed by atoms with Crippen LogP contribution in [0.1, 0.15) is 31.4 Å². The lowest BCUT2D eigenvalue weighted by molar-refractivity contribution is -0.124. The van der Waals surface area contributed by atoms with E-state index in [9.17, 15) is 4.79 Å². The number of amides is 1. The third-order valence-electron chi connectivity index (χ3n) is 6.93. The van der Waals surface area contributed by atoms with Gasteiger partial charge in [-0.1, -0.05) is 30.4 Å². The molecule has 0 radical (unpaired) electrons. The van der Waals surface area contributed by atoms with E-state index in [1.165, 1.54) is 45.2 Å². The number of rotatable bonds is 10. The number of thioether (sulfide) groups is 1. The average molecular weight is 532 g/mol. The average Bonchev–Trinajstić information content (AvgIpc) is 3.67. The summed E-state index contributed by atoms with van der Waals surface area (Å²) in [7, 11) is 4.62. The molecule has 3 unspecified atom stereocenters. The fourth-order valence-corrected chi connectivity index (χ4v) is 6.72. The molecule has 2 saturated carbocycles. The summed E-state index contributed by atoms with van der Waals surface area (Å²) >= 11 is 6.95. The highest BCUT2D eigenvalue weighted by Gasteiger charge is 2.48. The maximum absolute atomic E-state index is 13.3. The molecule has 5 rings (SSSR count). The second-order valence-corrected chi connectivity index (χ2v) is 10.8. The summed E-state index contributed by atoms with van der Waals surface area (Å²) in [4.78, 5) is 15.7. The van der Waals surface area contributed by atoms with Crippen LogP contribution in [0, 0.1) is 11.8 Å². The van der Waals surface area contributed by atoms with E-state index in [1.54, 1.807) is 25.3 Å². The van der Waals surface area contributed by atoms with Gasteiger partial charge in [-0.3, -0.25) is 9.69 Å². The standard InChI is InChI=1S/C26H29NO7S2/c1-29-13-32-22-11-17(10-21(31-3)24(22)33-14-30-2)20-7-6-18(34-20)12-23-25(28)27(26(35)36-23)19-9-15-4-5-16(19)8-15/h6-7,10-12,15-16,19H,4-5,8-9,13-14H2,1-3H3. The molecule has 2 aromatic rings. The van der Waals surface area contributed by atoms with Crippen molar-refractivity contribution in [3.63, 3.8) is 0 Å². The molecule has 0 N–H and O–H groups in total. The highest BCUT2D eigenvalue weighted by Crippen LogP contribution is 2.49.